The number of carbonyl (C=O) groups excluding carboxylic acids is 1. The minimum absolute atomic E-state index is 0. The first-order chi connectivity index (χ1) is 11.1. The molecule has 1 aliphatic heterocycles. The third-order valence-corrected chi connectivity index (χ3v) is 5.10. The van der Waals surface area contributed by atoms with Gasteiger partial charge in [-0.1, -0.05) is 6.92 Å². The molecule has 0 spiro atoms. The van der Waals surface area contributed by atoms with Gasteiger partial charge in [-0.25, -0.2) is 4.98 Å². The number of rotatable bonds is 5. The van der Waals surface area contributed by atoms with Crippen LogP contribution in [-0.2, 0) is 17.6 Å². The molecule has 1 aromatic rings. The highest BCUT2D eigenvalue weighted by molar-refractivity contribution is 14.0. The molecular weight excluding hydrogens is 437 g/mol. The van der Waals surface area contributed by atoms with E-state index in [1.165, 1.54) is 4.88 Å². The summed E-state index contributed by atoms with van der Waals surface area (Å²) in [7, 11) is 0. The summed E-state index contributed by atoms with van der Waals surface area (Å²) in [6.45, 7) is 10.7. The van der Waals surface area contributed by atoms with Gasteiger partial charge < -0.3 is 15.1 Å². The average Bonchev–Trinajstić information content (AvgIpc) is 3.02. The molecule has 1 saturated heterocycles. The molecular formula is C16H28IN5OS. The molecule has 1 aromatic heterocycles. The van der Waals surface area contributed by atoms with Crippen LogP contribution in [0.4, 0.5) is 0 Å². The summed E-state index contributed by atoms with van der Waals surface area (Å²) in [5.74, 6) is 1.10. The smallest absolute Gasteiger partial charge is 0.219 e. The number of nitrogens with one attached hydrogen (secondary N) is 1. The minimum Gasteiger partial charge on any atom is -0.357 e. The lowest BCUT2D eigenvalue weighted by molar-refractivity contribution is -0.130. The van der Waals surface area contributed by atoms with Crippen molar-refractivity contribution in [1.82, 2.24) is 20.1 Å². The summed E-state index contributed by atoms with van der Waals surface area (Å²) >= 11 is 1.78. The summed E-state index contributed by atoms with van der Waals surface area (Å²) in [5, 5.41) is 4.51. The summed E-state index contributed by atoms with van der Waals surface area (Å²) in [4.78, 5) is 26.0. The zero-order valence-electron chi connectivity index (χ0n) is 14.7. The van der Waals surface area contributed by atoms with Gasteiger partial charge in [0.05, 0.1) is 5.01 Å². The fourth-order valence-corrected chi connectivity index (χ4v) is 3.39. The van der Waals surface area contributed by atoms with Crippen LogP contribution in [-0.4, -0.2) is 65.9 Å². The van der Waals surface area contributed by atoms with E-state index in [1.54, 1.807) is 18.3 Å². The van der Waals surface area contributed by atoms with Crippen LogP contribution in [0.1, 0.15) is 30.7 Å². The molecule has 2 rings (SSSR count). The summed E-state index contributed by atoms with van der Waals surface area (Å²) in [6, 6.07) is 0. The van der Waals surface area contributed by atoms with Crippen LogP contribution in [0.5, 0.6) is 0 Å². The number of halogens is 1. The van der Waals surface area contributed by atoms with Crippen LogP contribution >= 0.6 is 35.3 Å². The Morgan fingerprint density at radius 2 is 1.96 bits per heavy atom. The van der Waals surface area contributed by atoms with Crippen molar-refractivity contribution in [2.24, 2.45) is 4.99 Å². The Labute approximate surface area is 165 Å². The molecule has 2 heterocycles. The zero-order chi connectivity index (χ0) is 16.7. The van der Waals surface area contributed by atoms with Gasteiger partial charge in [-0.05, 0) is 13.3 Å². The van der Waals surface area contributed by atoms with Gasteiger partial charge in [-0.15, -0.1) is 35.3 Å². The number of hydrogen-bond donors (Lipinski definition) is 1. The second-order valence-corrected chi connectivity index (χ2v) is 6.75. The Morgan fingerprint density at radius 1 is 1.29 bits per heavy atom. The predicted molar refractivity (Wildman–Crippen MR) is 110 cm³/mol. The zero-order valence-corrected chi connectivity index (χ0v) is 17.9. The quantitative estimate of drug-likeness (QED) is 0.411. The van der Waals surface area contributed by atoms with Crippen molar-refractivity contribution in [2.75, 3.05) is 39.3 Å². The second-order valence-electron chi connectivity index (χ2n) is 5.55. The number of hydrogen-bond acceptors (Lipinski definition) is 4. The van der Waals surface area contributed by atoms with Gasteiger partial charge in [0.15, 0.2) is 5.96 Å². The molecule has 0 aromatic carbocycles. The molecule has 0 saturated carbocycles. The lowest BCUT2D eigenvalue weighted by Crippen LogP contribution is -2.53. The first-order valence-electron chi connectivity index (χ1n) is 8.36. The van der Waals surface area contributed by atoms with Gasteiger partial charge in [-0.2, -0.15) is 0 Å². The molecule has 0 bridgehead atoms. The van der Waals surface area contributed by atoms with Gasteiger partial charge in [0.2, 0.25) is 5.91 Å². The van der Waals surface area contributed by atoms with Gasteiger partial charge in [0, 0.05) is 63.7 Å². The first-order valence-corrected chi connectivity index (χ1v) is 9.18. The SMILES string of the molecule is CCNC(=NCCc1ncc(CC)s1)N1CCN(C(C)=O)CC1.I. The van der Waals surface area contributed by atoms with E-state index in [4.69, 9.17) is 4.99 Å². The number of aryl methyl sites for hydroxylation is 1. The molecule has 0 atom stereocenters. The fourth-order valence-electron chi connectivity index (χ4n) is 2.54. The number of guanidine groups is 1. The van der Waals surface area contributed by atoms with E-state index in [0.717, 1.165) is 63.1 Å². The van der Waals surface area contributed by atoms with Crippen LogP contribution in [0, 0.1) is 0 Å². The van der Waals surface area contributed by atoms with Crippen molar-refractivity contribution in [3.05, 3.63) is 16.1 Å². The van der Waals surface area contributed by atoms with Gasteiger partial charge >= 0.3 is 0 Å². The largest absolute Gasteiger partial charge is 0.357 e. The number of amides is 1. The Hall–Kier alpha value is -0.900. The lowest BCUT2D eigenvalue weighted by atomic mass is 10.3. The van der Waals surface area contributed by atoms with Crippen molar-refractivity contribution < 1.29 is 4.79 Å². The summed E-state index contributed by atoms with van der Waals surface area (Å²) < 4.78 is 0. The number of piperazine rings is 1. The fraction of sp³-hybridized carbons (Fsp3) is 0.688. The topological polar surface area (TPSA) is 60.8 Å². The molecule has 1 N–H and O–H groups in total. The van der Waals surface area contributed by atoms with Gasteiger partial charge in [0.1, 0.15) is 0 Å². The van der Waals surface area contributed by atoms with Crippen LogP contribution in [0.3, 0.4) is 0 Å². The molecule has 8 heteroatoms. The van der Waals surface area contributed by atoms with Crippen LogP contribution in [0.2, 0.25) is 0 Å². The molecule has 24 heavy (non-hydrogen) atoms. The molecule has 0 unspecified atom stereocenters. The number of carbonyl (C=O) groups is 1. The summed E-state index contributed by atoms with van der Waals surface area (Å²) in [6.07, 6.45) is 3.90. The van der Waals surface area contributed by atoms with E-state index in [9.17, 15) is 4.79 Å². The van der Waals surface area contributed by atoms with E-state index < -0.39 is 0 Å². The number of aromatic nitrogens is 1. The third-order valence-electron chi connectivity index (χ3n) is 3.90. The molecule has 136 valence electrons. The predicted octanol–water partition coefficient (Wildman–Crippen LogP) is 2.00. The maximum atomic E-state index is 11.4. The number of nitrogens with zero attached hydrogens (tertiary/aromatic N) is 4. The van der Waals surface area contributed by atoms with Crippen LogP contribution in [0.25, 0.3) is 0 Å². The lowest BCUT2D eigenvalue weighted by Gasteiger charge is -2.36. The number of thiazole rings is 1. The van der Waals surface area contributed by atoms with Crippen molar-refractivity contribution in [2.45, 2.75) is 33.6 Å². The Bertz CT molecular complexity index is 540. The van der Waals surface area contributed by atoms with Crippen LogP contribution < -0.4 is 5.32 Å². The van der Waals surface area contributed by atoms with Gasteiger partial charge in [0.25, 0.3) is 0 Å². The van der Waals surface area contributed by atoms with E-state index in [1.807, 2.05) is 11.1 Å². The van der Waals surface area contributed by atoms with Crippen molar-refractivity contribution >= 4 is 47.2 Å². The molecule has 1 aliphatic rings. The standard InChI is InChI=1S/C16H27N5OS.HI/c1-4-14-12-19-15(23-14)6-7-18-16(17-5-2)21-10-8-20(9-11-21)13(3)22;/h12H,4-11H2,1-3H3,(H,17,18);1H. The molecule has 1 amide bonds. The van der Waals surface area contributed by atoms with Crippen molar-refractivity contribution in [1.29, 1.82) is 0 Å². The molecule has 6 nitrogen and oxygen atoms in total. The average molecular weight is 465 g/mol. The highest BCUT2D eigenvalue weighted by Gasteiger charge is 2.20. The normalized spacial score (nSPS) is 15.2. The van der Waals surface area contributed by atoms with E-state index in [-0.39, 0.29) is 29.9 Å². The second kappa shape index (κ2) is 10.9. The Kier molecular flexibility index (Phi) is 9.57. The van der Waals surface area contributed by atoms with E-state index in [2.05, 4.69) is 29.0 Å². The molecule has 0 aliphatic carbocycles. The maximum Gasteiger partial charge on any atom is 0.219 e. The van der Waals surface area contributed by atoms with Crippen molar-refractivity contribution in [3.8, 4) is 0 Å². The Morgan fingerprint density at radius 3 is 2.50 bits per heavy atom. The van der Waals surface area contributed by atoms with Crippen molar-refractivity contribution in [3.63, 3.8) is 0 Å². The maximum absolute atomic E-state index is 11.4. The molecule has 1 fully saturated rings. The summed E-state index contributed by atoms with van der Waals surface area (Å²) in [5.41, 5.74) is 0. The highest BCUT2D eigenvalue weighted by Crippen LogP contribution is 2.13. The van der Waals surface area contributed by atoms with Crippen LogP contribution in [0.15, 0.2) is 11.2 Å². The van der Waals surface area contributed by atoms with E-state index in [0.29, 0.717) is 0 Å². The number of aliphatic imine (C=N–C) groups is 1. The van der Waals surface area contributed by atoms with Gasteiger partial charge in [-0.3, -0.25) is 9.79 Å². The highest BCUT2D eigenvalue weighted by atomic mass is 127. The van der Waals surface area contributed by atoms with E-state index >= 15 is 0 Å². The first kappa shape index (κ1) is 21.1. The monoisotopic (exact) mass is 465 g/mol. The molecule has 0 radical (unpaired) electrons. The third kappa shape index (κ3) is 6.19. The minimum atomic E-state index is 0. The Balaban J connectivity index is 0.00000288.